The van der Waals surface area contributed by atoms with Crippen LogP contribution in [0.2, 0.25) is 0 Å². The van der Waals surface area contributed by atoms with E-state index in [1.54, 1.807) is 6.20 Å². The van der Waals surface area contributed by atoms with Crippen LogP contribution in [0.3, 0.4) is 0 Å². The van der Waals surface area contributed by atoms with Crippen molar-refractivity contribution >= 4 is 0 Å². The van der Waals surface area contributed by atoms with E-state index in [0.717, 1.165) is 26.2 Å². The van der Waals surface area contributed by atoms with Crippen molar-refractivity contribution in [2.75, 3.05) is 13.2 Å². The zero-order chi connectivity index (χ0) is 17.1. The van der Waals surface area contributed by atoms with E-state index in [2.05, 4.69) is 37.7 Å². The van der Waals surface area contributed by atoms with Crippen molar-refractivity contribution in [3.8, 4) is 5.88 Å². The summed E-state index contributed by atoms with van der Waals surface area (Å²) in [5, 5.41) is 4.37. The normalized spacial score (nSPS) is 17.4. The average molecular weight is 338 g/mol. The van der Waals surface area contributed by atoms with Gasteiger partial charge in [-0.3, -0.25) is 9.58 Å². The fraction of sp³-hybridized carbons (Fsp3) is 0.389. The van der Waals surface area contributed by atoms with Crippen LogP contribution in [-0.4, -0.2) is 42.4 Å². The van der Waals surface area contributed by atoms with Crippen LogP contribution in [0.25, 0.3) is 0 Å². The number of aryl methyl sites for hydroxylation is 1. The molecule has 0 spiro atoms. The number of hydrogen-bond donors (Lipinski definition) is 0. The summed E-state index contributed by atoms with van der Waals surface area (Å²) >= 11 is 0. The maximum Gasteiger partial charge on any atom is 0.213 e. The molecule has 0 bridgehead atoms. The molecule has 25 heavy (non-hydrogen) atoms. The van der Waals surface area contributed by atoms with Gasteiger partial charge >= 0.3 is 0 Å². The van der Waals surface area contributed by atoms with Gasteiger partial charge in [-0.05, 0) is 13.0 Å². The number of pyridine rings is 1. The molecule has 1 atom stereocenters. The zero-order valence-electron chi connectivity index (χ0n) is 14.3. The lowest BCUT2D eigenvalue weighted by Gasteiger charge is -2.34. The molecule has 0 amide bonds. The molecule has 3 aromatic heterocycles. The minimum atomic E-state index is 0.217. The first-order valence-corrected chi connectivity index (χ1v) is 8.60. The highest BCUT2D eigenvalue weighted by molar-refractivity contribution is 5.11. The van der Waals surface area contributed by atoms with Gasteiger partial charge in [-0.1, -0.05) is 6.07 Å². The lowest BCUT2D eigenvalue weighted by molar-refractivity contribution is 0.134. The highest BCUT2D eigenvalue weighted by Crippen LogP contribution is 2.23. The van der Waals surface area contributed by atoms with Gasteiger partial charge in [0.1, 0.15) is 6.61 Å². The Labute approximate surface area is 146 Å². The van der Waals surface area contributed by atoms with E-state index in [9.17, 15) is 0 Å². The van der Waals surface area contributed by atoms with Crippen molar-refractivity contribution in [2.45, 2.75) is 32.6 Å². The quantitative estimate of drug-likeness (QED) is 0.689. The van der Waals surface area contributed by atoms with Gasteiger partial charge in [0.2, 0.25) is 5.88 Å². The summed E-state index contributed by atoms with van der Waals surface area (Å²) in [5.41, 5.74) is 2.45. The predicted octanol–water partition coefficient (Wildman–Crippen LogP) is 2.13. The zero-order valence-corrected chi connectivity index (χ0v) is 14.3. The summed E-state index contributed by atoms with van der Waals surface area (Å²) in [4.78, 5) is 11.0. The smallest absolute Gasteiger partial charge is 0.213 e. The summed E-state index contributed by atoms with van der Waals surface area (Å²) in [7, 11) is 0. The Morgan fingerprint density at radius 2 is 2.24 bits per heavy atom. The molecule has 0 N–H and O–H groups in total. The average Bonchev–Trinajstić information content (AvgIpc) is 3.29. The Morgan fingerprint density at radius 3 is 3.04 bits per heavy atom. The molecule has 1 unspecified atom stereocenters. The maximum absolute atomic E-state index is 5.89. The van der Waals surface area contributed by atoms with Gasteiger partial charge in [0.05, 0.1) is 24.3 Å². The molecule has 3 aromatic rings. The van der Waals surface area contributed by atoms with E-state index in [1.807, 2.05) is 41.6 Å². The topological polar surface area (TPSA) is 61.0 Å². The van der Waals surface area contributed by atoms with E-state index >= 15 is 0 Å². The molecule has 0 radical (unpaired) electrons. The van der Waals surface area contributed by atoms with Gasteiger partial charge < -0.3 is 9.30 Å². The van der Waals surface area contributed by atoms with Crippen LogP contribution in [0, 0.1) is 0 Å². The van der Waals surface area contributed by atoms with Crippen LogP contribution in [0.4, 0.5) is 0 Å². The van der Waals surface area contributed by atoms with Crippen molar-refractivity contribution in [3.63, 3.8) is 0 Å². The lowest BCUT2D eigenvalue weighted by Crippen LogP contribution is -2.38. The first-order valence-electron chi connectivity index (χ1n) is 8.60. The second-order valence-electron chi connectivity index (χ2n) is 6.30. The third-order valence-corrected chi connectivity index (χ3v) is 4.47. The summed E-state index contributed by atoms with van der Waals surface area (Å²) in [5.74, 6) is 0.658. The van der Waals surface area contributed by atoms with Gasteiger partial charge in [0, 0.05) is 56.4 Å². The van der Waals surface area contributed by atoms with Gasteiger partial charge in [0.15, 0.2) is 0 Å². The number of hydrogen-bond acceptors (Lipinski definition) is 5. The fourth-order valence-electron chi connectivity index (χ4n) is 3.25. The molecule has 4 heterocycles. The Balaban J connectivity index is 1.45. The minimum absolute atomic E-state index is 0.217. The van der Waals surface area contributed by atoms with Crippen molar-refractivity contribution in [1.29, 1.82) is 0 Å². The van der Waals surface area contributed by atoms with E-state index in [4.69, 9.17) is 4.74 Å². The summed E-state index contributed by atoms with van der Waals surface area (Å²) in [6.07, 6.45) is 9.65. The van der Waals surface area contributed by atoms with Gasteiger partial charge in [0.25, 0.3) is 0 Å². The molecule has 0 aromatic carbocycles. The number of rotatable bonds is 6. The molecular weight excluding hydrogens is 316 g/mol. The molecule has 1 aliphatic rings. The molecular formula is C18H22N6O. The highest BCUT2D eigenvalue weighted by atomic mass is 16.5. The molecule has 7 heteroatoms. The fourth-order valence-corrected chi connectivity index (χ4v) is 3.25. The van der Waals surface area contributed by atoms with Crippen LogP contribution in [0.5, 0.6) is 5.88 Å². The van der Waals surface area contributed by atoms with Gasteiger partial charge in [-0.25, -0.2) is 9.97 Å². The second-order valence-corrected chi connectivity index (χ2v) is 6.30. The van der Waals surface area contributed by atoms with Crippen LogP contribution in [0.15, 0.2) is 49.3 Å². The Kier molecular flexibility index (Phi) is 4.47. The van der Waals surface area contributed by atoms with E-state index in [1.165, 1.54) is 11.3 Å². The van der Waals surface area contributed by atoms with Gasteiger partial charge in [-0.2, -0.15) is 5.10 Å². The third-order valence-electron chi connectivity index (χ3n) is 4.47. The SMILES string of the molecule is CCn1cc(CN2Cc3cncn3C(COc3ccccn3)C2)cn1. The van der Waals surface area contributed by atoms with Crippen molar-refractivity contribution in [1.82, 2.24) is 29.2 Å². The van der Waals surface area contributed by atoms with Gasteiger partial charge in [-0.15, -0.1) is 0 Å². The number of aromatic nitrogens is 5. The first-order chi connectivity index (χ1) is 12.3. The Hall–Kier alpha value is -2.67. The predicted molar refractivity (Wildman–Crippen MR) is 93.0 cm³/mol. The maximum atomic E-state index is 5.89. The molecule has 7 nitrogen and oxygen atoms in total. The van der Waals surface area contributed by atoms with Crippen LogP contribution >= 0.6 is 0 Å². The molecule has 130 valence electrons. The van der Waals surface area contributed by atoms with E-state index < -0.39 is 0 Å². The number of fused-ring (bicyclic) bond motifs is 1. The largest absolute Gasteiger partial charge is 0.475 e. The monoisotopic (exact) mass is 338 g/mol. The number of nitrogens with zero attached hydrogens (tertiary/aromatic N) is 6. The molecule has 0 fully saturated rings. The molecule has 1 aliphatic heterocycles. The first kappa shape index (κ1) is 15.8. The molecule has 0 saturated heterocycles. The standard InChI is InChI=1S/C18H22N6O/c1-2-23-10-15(7-21-23)9-22-11-16-8-19-14-24(16)17(12-22)13-25-18-5-3-4-6-20-18/h3-8,10,14,17H,2,9,11-13H2,1H3. The second kappa shape index (κ2) is 7.06. The van der Waals surface area contributed by atoms with Crippen molar-refractivity contribution in [2.24, 2.45) is 0 Å². The number of ether oxygens (including phenoxy) is 1. The van der Waals surface area contributed by atoms with E-state index in [-0.39, 0.29) is 6.04 Å². The van der Waals surface area contributed by atoms with Crippen LogP contribution in [-0.2, 0) is 19.6 Å². The Morgan fingerprint density at radius 1 is 1.28 bits per heavy atom. The number of imidazole rings is 1. The molecule has 4 rings (SSSR count). The third kappa shape index (κ3) is 3.56. The summed E-state index contributed by atoms with van der Waals surface area (Å²) in [6.45, 7) is 6.25. The van der Waals surface area contributed by atoms with Crippen LogP contribution in [0.1, 0.15) is 24.2 Å². The highest BCUT2D eigenvalue weighted by Gasteiger charge is 2.25. The summed E-state index contributed by atoms with van der Waals surface area (Å²) < 4.78 is 10.1. The minimum Gasteiger partial charge on any atom is -0.475 e. The van der Waals surface area contributed by atoms with Crippen molar-refractivity contribution in [3.05, 3.63) is 60.6 Å². The Bertz CT molecular complexity index is 812. The van der Waals surface area contributed by atoms with E-state index in [0.29, 0.717) is 12.5 Å². The van der Waals surface area contributed by atoms with Crippen molar-refractivity contribution < 1.29 is 4.74 Å². The lowest BCUT2D eigenvalue weighted by atomic mass is 10.2. The molecule has 0 aliphatic carbocycles. The molecule has 0 saturated carbocycles. The summed E-state index contributed by atoms with van der Waals surface area (Å²) in [6, 6.07) is 5.92. The van der Waals surface area contributed by atoms with Crippen LogP contribution < -0.4 is 4.74 Å².